The van der Waals surface area contributed by atoms with Gasteiger partial charge in [0.1, 0.15) is 11.6 Å². The Hall–Kier alpha value is -1.76. The van der Waals surface area contributed by atoms with E-state index in [1.165, 1.54) is 6.92 Å². The summed E-state index contributed by atoms with van der Waals surface area (Å²) in [5, 5.41) is 2.15. The van der Waals surface area contributed by atoms with Crippen molar-refractivity contribution in [2.75, 3.05) is 11.6 Å². The molecule has 98 valence electrons. The van der Waals surface area contributed by atoms with Crippen LogP contribution >= 0.6 is 0 Å². The summed E-state index contributed by atoms with van der Waals surface area (Å²) in [6.45, 7) is 1.23. The first-order valence-electron chi connectivity index (χ1n) is 4.99. The van der Waals surface area contributed by atoms with Gasteiger partial charge >= 0.3 is 0 Å². The summed E-state index contributed by atoms with van der Waals surface area (Å²) in [6.07, 6.45) is 0.587. The van der Waals surface area contributed by atoms with Crippen molar-refractivity contribution in [2.24, 2.45) is 0 Å². The van der Waals surface area contributed by atoms with Gasteiger partial charge in [0.25, 0.3) is 0 Å². The zero-order valence-electron chi connectivity index (χ0n) is 9.86. The topological polar surface area (TPSA) is 80.3 Å². The molecule has 0 saturated heterocycles. The zero-order valence-corrected chi connectivity index (χ0v) is 10.7. The van der Waals surface area contributed by atoms with Crippen LogP contribution in [0.25, 0.3) is 0 Å². The fraction of sp³-hybridized carbons (Fsp3) is 0.273. The number of nitrogens with one attached hydrogen (secondary N) is 1. The molecule has 0 saturated carbocycles. The highest BCUT2D eigenvalue weighted by atomic mass is 32.2. The predicted molar refractivity (Wildman–Crippen MR) is 63.4 cm³/mol. The fourth-order valence-corrected chi connectivity index (χ4v) is 1.90. The molecule has 7 heteroatoms. The molecule has 1 amide bonds. The third-order valence-corrected chi connectivity index (χ3v) is 3.16. The molecule has 5 nitrogen and oxygen atoms in total. The van der Waals surface area contributed by atoms with E-state index in [1.54, 1.807) is 0 Å². The lowest BCUT2D eigenvalue weighted by molar-refractivity contribution is -0.124. The number of amides is 1. The van der Waals surface area contributed by atoms with Crippen LogP contribution < -0.4 is 5.32 Å². The number of hydrogen-bond acceptors (Lipinski definition) is 4. The van der Waals surface area contributed by atoms with Gasteiger partial charge in [-0.15, -0.1) is 0 Å². The SMILES string of the molecule is CC(=O)CC(=O)Nc1cc(S(C)(=O)=O)ccc1F. The molecule has 0 aliphatic carbocycles. The summed E-state index contributed by atoms with van der Waals surface area (Å²) in [5.74, 6) is -1.82. The number of carbonyl (C=O) groups excluding carboxylic acids is 2. The second-order valence-corrected chi connectivity index (χ2v) is 5.86. The van der Waals surface area contributed by atoms with Gasteiger partial charge in [0, 0.05) is 6.26 Å². The molecule has 0 aliphatic heterocycles. The van der Waals surface area contributed by atoms with Crippen LogP contribution in [-0.2, 0) is 19.4 Å². The van der Waals surface area contributed by atoms with E-state index in [1.807, 2.05) is 0 Å². The van der Waals surface area contributed by atoms with Gasteiger partial charge in [-0.05, 0) is 25.1 Å². The van der Waals surface area contributed by atoms with E-state index in [-0.39, 0.29) is 22.8 Å². The Labute approximate surface area is 104 Å². The van der Waals surface area contributed by atoms with Gasteiger partial charge in [0.2, 0.25) is 5.91 Å². The summed E-state index contributed by atoms with van der Waals surface area (Å²) in [7, 11) is -3.49. The lowest BCUT2D eigenvalue weighted by atomic mass is 10.2. The molecule has 0 aromatic heterocycles. The van der Waals surface area contributed by atoms with E-state index in [9.17, 15) is 22.4 Å². The van der Waals surface area contributed by atoms with Gasteiger partial charge < -0.3 is 5.32 Å². The number of rotatable bonds is 4. The fourth-order valence-electron chi connectivity index (χ4n) is 1.25. The quantitative estimate of drug-likeness (QED) is 0.659. The van der Waals surface area contributed by atoms with Crippen LogP contribution in [0.5, 0.6) is 0 Å². The highest BCUT2D eigenvalue weighted by Crippen LogP contribution is 2.19. The maximum absolute atomic E-state index is 13.4. The molecule has 1 rings (SSSR count). The lowest BCUT2D eigenvalue weighted by Crippen LogP contribution is -2.16. The highest BCUT2D eigenvalue weighted by molar-refractivity contribution is 7.90. The monoisotopic (exact) mass is 273 g/mol. The zero-order chi connectivity index (χ0) is 13.9. The maximum Gasteiger partial charge on any atom is 0.231 e. The molecule has 1 N–H and O–H groups in total. The third kappa shape index (κ3) is 3.92. The van der Waals surface area contributed by atoms with Crippen molar-refractivity contribution < 1.29 is 22.4 Å². The minimum absolute atomic E-state index is 0.109. The molecule has 0 radical (unpaired) electrons. The molecule has 1 aromatic rings. The Balaban J connectivity index is 3.02. The number of benzene rings is 1. The number of halogens is 1. The van der Waals surface area contributed by atoms with Crippen LogP contribution in [0, 0.1) is 5.82 Å². The smallest absolute Gasteiger partial charge is 0.231 e. The van der Waals surface area contributed by atoms with Crippen molar-refractivity contribution in [1.29, 1.82) is 0 Å². The summed E-state index contributed by atoms with van der Waals surface area (Å²) in [6, 6.07) is 3.06. The molecule has 0 aliphatic rings. The Kier molecular flexibility index (Phi) is 4.18. The van der Waals surface area contributed by atoms with E-state index in [0.717, 1.165) is 24.5 Å². The van der Waals surface area contributed by atoms with Crippen molar-refractivity contribution in [3.05, 3.63) is 24.0 Å². The predicted octanol–water partition coefficient (Wildman–Crippen LogP) is 1.15. The van der Waals surface area contributed by atoms with Crippen molar-refractivity contribution in [3.63, 3.8) is 0 Å². The lowest BCUT2D eigenvalue weighted by Gasteiger charge is -2.07. The number of sulfone groups is 1. The van der Waals surface area contributed by atoms with Crippen LogP contribution in [0.2, 0.25) is 0 Å². The minimum Gasteiger partial charge on any atom is -0.323 e. The number of Topliss-reactive ketones (excluding diaryl/α,β-unsaturated/α-hetero) is 1. The molecular weight excluding hydrogens is 261 g/mol. The van der Waals surface area contributed by atoms with Crippen molar-refractivity contribution in [3.8, 4) is 0 Å². The molecular formula is C11H12FNO4S. The van der Waals surface area contributed by atoms with Gasteiger partial charge in [-0.2, -0.15) is 0 Å². The Morgan fingerprint density at radius 2 is 1.94 bits per heavy atom. The highest BCUT2D eigenvalue weighted by Gasteiger charge is 2.13. The summed E-state index contributed by atoms with van der Waals surface area (Å²) in [5.41, 5.74) is -0.260. The van der Waals surface area contributed by atoms with Crippen LogP contribution in [0.1, 0.15) is 13.3 Å². The van der Waals surface area contributed by atoms with E-state index in [4.69, 9.17) is 0 Å². The van der Waals surface area contributed by atoms with Gasteiger partial charge in [0.15, 0.2) is 9.84 Å². The van der Waals surface area contributed by atoms with Crippen LogP contribution in [0.15, 0.2) is 23.1 Å². The van der Waals surface area contributed by atoms with Crippen LogP contribution in [0.3, 0.4) is 0 Å². The standard InChI is InChI=1S/C11H12FNO4S/c1-7(14)5-11(15)13-10-6-8(18(2,16)17)3-4-9(10)12/h3-4,6H,5H2,1-2H3,(H,13,15). The van der Waals surface area contributed by atoms with Crippen molar-refractivity contribution in [2.45, 2.75) is 18.2 Å². The average molecular weight is 273 g/mol. The van der Waals surface area contributed by atoms with E-state index in [2.05, 4.69) is 5.32 Å². The first-order valence-corrected chi connectivity index (χ1v) is 6.88. The van der Waals surface area contributed by atoms with Gasteiger partial charge in [0.05, 0.1) is 17.0 Å². The normalized spacial score (nSPS) is 11.1. The van der Waals surface area contributed by atoms with E-state index < -0.39 is 21.6 Å². The first kappa shape index (κ1) is 14.3. The summed E-state index contributed by atoms with van der Waals surface area (Å²) in [4.78, 5) is 21.9. The first-order chi connectivity index (χ1) is 8.20. The second-order valence-electron chi connectivity index (χ2n) is 3.84. The number of anilines is 1. The molecule has 0 spiro atoms. The van der Waals surface area contributed by atoms with Crippen LogP contribution in [-0.4, -0.2) is 26.4 Å². The molecule has 18 heavy (non-hydrogen) atoms. The summed E-state index contributed by atoms with van der Waals surface area (Å²) >= 11 is 0. The molecule has 0 atom stereocenters. The largest absolute Gasteiger partial charge is 0.323 e. The number of hydrogen-bond donors (Lipinski definition) is 1. The number of ketones is 1. The van der Waals surface area contributed by atoms with Gasteiger partial charge in [-0.1, -0.05) is 0 Å². The van der Waals surface area contributed by atoms with Crippen molar-refractivity contribution in [1.82, 2.24) is 0 Å². The molecule has 0 unspecified atom stereocenters. The third-order valence-electron chi connectivity index (χ3n) is 2.05. The molecule has 0 bridgehead atoms. The van der Waals surface area contributed by atoms with E-state index >= 15 is 0 Å². The van der Waals surface area contributed by atoms with Gasteiger partial charge in [-0.25, -0.2) is 12.8 Å². The Morgan fingerprint density at radius 3 is 2.44 bits per heavy atom. The Bertz CT molecular complexity index is 595. The Morgan fingerprint density at radius 1 is 1.33 bits per heavy atom. The van der Waals surface area contributed by atoms with Crippen molar-refractivity contribution >= 4 is 27.2 Å². The average Bonchev–Trinajstić information content (AvgIpc) is 2.18. The molecule has 1 aromatic carbocycles. The second kappa shape index (κ2) is 5.26. The van der Waals surface area contributed by atoms with Gasteiger partial charge in [-0.3, -0.25) is 9.59 Å². The minimum atomic E-state index is -3.49. The van der Waals surface area contributed by atoms with Crippen LogP contribution in [0.4, 0.5) is 10.1 Å². The molecule has 0 heterocycles. The summed E-state index contributed by atoms with van der Waals surface area (Å²) < 4.78 is 35.9. The number of carbonyl (C=O) groups is 2. The maximum atomic E-state index is 13.4. The van der Waals surface area contributed by atoms with E-state index in [0.29, 0.717) is 0 Å². The molecule has 0 fully saturated rings.